The molecule has 13 heavy (non-hydrogen) atoms. The minimum absolute atomic E-state index is 0.0817. The molecule has 0 bridgehead atoms. The SMILES string of the molecule is CN1CCC2(CC1)CC(=O)N(C)N2. The molecule has 0 radical (unpaired) electrons. The molecule has 2 rings (SSSR count). The van der Waals surface area contributed by atoms with Crippen LogP contribution in [0.1, 0.15) is 19.3 Å². The quantitative estimate of drug-likeness (QED) is 0.566. The highest BCUT2D eigenvalue weighted by Gasteiger charge is 2.42. The molecule has 4 heteroatoms. The van der Waals surface area contributed by atoms with Crippen LogP contribution in [-0.4, -0.2) is 48.5 Å². The van der Waals surface area contributed by atoms with Crippen LogP contribution in [-0.2, 0) is 4.79 Å². The molecule has 2 aliphatic heterocycles. The molecule has 0 aromatic carbocycles. The Kier molecular flexibility index (Phi) is 2.04. The predicted molar refractivity (Wildman–Crippen MR) is 50.0 cm³/mol. The van der Waals surface area contributed by atoms with Crippen LogP contribution >= 0.6 is 0 Å². The number of nitrogens with one attached hydrogen (secondary N) is 1. The van der Waals surface area contributed by atoms with E-state index in [1.165, 1.54) is 0 Å². The number of hydrazine groups is 1. The minimum Gasteiger partial charge on any atom is -0.306 e. The molecule has 1 N–H and O–H groups in total. The van der Waals surface area contributed by atoms with Crippen molar-refractivity contribution in [2.45, 2.75) is 24.8 Å². The molecular formula is C9H17N3O. The van der Waals surface area contributed by atoms with Crippen LogP contribution in [0.3, 0.4) is 0 Å². The highest BCUT2D eigenvalue weighted by atomic mass is 16.2. The molecule has 0 aromatic heterocycles. The van der Waals surface area contributed by atoms with Crippen LogP contribution in [0.4, 0.5) is 0 Å². The lowest BCUT2D eigenvalue weighted by Crippen LogP contribution is -2.51. The van der Waals surface area contributed by atoms with Gasteiger partial charge in [0.15, 0.2) is 0 Å². The van der Waals surface area contributed by atoms with Gasteiger partial charge >= 0.3 is 0 Å². The lowest BCUT2D eigenvalue weighted by Gasteiger charge is -2.37. The Morgan fingerprint density at radius 2 is 1.92 bits per heavy atom. The highest BCUT2D eigenvalue weighted by Crippen LogP contribution is 2.29. The van der Waals surface area contributed by atoms with E-state index in [-0.39, 0.29) is 11.4 Å². The third-order valence-corrected chi connectivity index (χ3v) is 3.21. The van der Waals surface area contributed by atoms with E-state index < -0.39 is 0 Å². The predicted octanol–water partition coefficient (Wildman–Crippen LogP) is -0.182. The second-order valence-electron chi connectivity index (χ2n) is 4.32. The summed E-state index contributed by atoms with van der Waals surface area (Å²) in [5, 5.41) is 1.64. The largest absolute Gasteiger partial charge is 0.306 e. The molecule has 1 amide bonds. The van der Waals surface area contributed by atoms with Crippen LogP contribution in [0.15, 0.2) is 0 Å². The number of rotatable bonds is 0. The van der Waals surface area contributed by atoms with Crippen molar-refractivity contribution < 1.29 is 4.79 Å². The van der Waals surface area contributed by atoms with Crippen molar-refractivity contribution in [3.63, 3.8) is 0 Å². The van der Waals surface area contributed by atoms with E-state index in [2.05, 4.69) is 17.4 Å². The molecule has 4 nitrogen and oxygen atoms in total. The Hall–Kier alpha value is -0.610. The van der Waals surface area contributed by atoms with Crippen molar-refractivity contribution in [3.05, 3.63) is 0 Å². The fraction of sp³-hybridized carbons (Fsp3) is 0.889. The summed E-state index contributed by atoms with van der Waals surface area (Å²) in [6, 6.07) is 0. The van der Waals surface area contributed by atoms with E-state index in [4.69, 9.17) is 0 Å². The number of piperidine rings is 1. The lowest BCUT2D eigenvalue weighted by atomic mass is 9.86. The summed E-state index contributed by atoms with van der Waals surface area (Å²) >= 11 is 0. The minimum atomic E-state index is 0.0817. The van der Waals surface area contributed by atoms with E-state index in [1.54, 1.807) is 5.01 Å². The monoisotopic (exact) mass is 183 g/mol. The maximum Gasteiger partial charge on any atom is 0.238 e. The van der Waals surface area contributed by atoms with E-state index in [9.17, 15) is 4.79 Å². The van der Waals surface area contributed by atoms with Crippen LogP contribution in [0.25, 0.3) is 0 Å². The topological polar surface area (TPSA) is 35.6 Å². The van der Waals surface area contributed by atoms with Crippen molar-refractivity contribution in [2.75, 3.05) is 27.2 Å². The Balaban J connectivity index is 2.03. The number of nitrogens with zero attached hydrogens (tertiary/aromatic N) is 2. The first-order chi connectivity index (χ1) is 6.11. The smallest absolute Gasteiger partial charge is 0.238 e. The second-order valence-corrected chi connectivity index (χ2v) is 4.32. The average molecular weight is 183 g/mol. The summed E-state index contributed by atoms with van der Waals surface area (Å²) in [6.45, 7) is 2.18. The number of likely N-dealkylation sites (tertiary alicyclic amines) is 1. The zero-order chi connectivity index (χ0) is 9.47. The summed E-state index contributed by atoms with van der Waals surface area (Å²) in [6.07, 6.45) is 2.84. The third-order valence-electron chi connectivity index (χ3n) is 3.21. The zero-order valence-corrected chi connectivity index (χ0v) is 8.34. The number of hydrogen-bond acceptors (Lipinski definition) is 3. The first-order valence-electron chi connectivity index (χ1n) is 4.84. The summed E-state index contributed by atoms with van der Waals surface area (Å²) < 4.78 is 0. The van der Waals surface area contributed by atoms with Crippen LogP contribution in [0.2, 0.25) is 0 Å². The maximum absolute atomic E-state index is 11.4. The van der Waals surface area contributed by atoms with Gasteiger partial charge in [-0.1, -0.05) is 0 Å². The van der Waals surface area contributed by atoms with E-state index in [0.717, 1.165) is 25.9 Å². The van der Waals surface area contributed by atoms with E-state index >= 15 is 0 Å². The molecule has 0 atom stereocenters. The lowest BCUT2D eigenvalue weighted by molar-refractivity contribution is -0.128. The van der Waals surface area contributed by atoms with Crippen LogP contribution < -0.4 is 5.43 Å². The van der Waals surface area contributed by atoms with Gasteiger partial charge in [-0.3, -0.25) is 9.80 Å². The Bertz CT molecular complexity index is 221. The van der Waals surface area contributed by atoms with Gasteiger partial charge in [-0.2, -0.15) is 0 Å². The first kappa shape index (κ1) is 8.97. The molecule has 0 unspecified atom stereocenters. The fourth-order valence-electron chi connectivity index (χ4n) is 2.20. The van der Waals surface area contributed by atoms with Crippen molar-refractivity contribution >= 4 is 5.91 Å². The molecular weight excluding hydrogens is 166 g/mol. The molecule has 2 saturated heterocycles. The number of amides is 1. The highest BCUT2D eigenvalue weighted by molar-refractivity contribution is 5.79. The van der Waals surface area contributed by atoms with Crippen molar-refractivity contribution in [3.8, 4) is 0 Å². The number of hydrogen-bond donors (Lipinski definition) is 1. The second kappa shape index (κ2) is 2.96. The summed E-state index contributed by atoms with van der Waals surface area (Å²) in [5.74, 6) is 0.226. The van der Waals surface area contributed by atoms with Gasteiger partial charge in [0, 0.05) is 19.0 Å². The zero-order valence-electron chi connectivity index (χ0n) is 8.34. The Morgan fingerprint density at radius 3 is 2.38 bits per heavy atom. The standard InChI is InChI=1S/C9H17N3O/c1-11-5-3-9(4-6-11)7-8(13)12(2)10-9/h10H,3-7H2,1-2H3. The van der Waals surface area contributed by atoms with Gasteiger partial charge in [0.25, 0.3) is 0 Å². The summed E-state index contributed by atoms with van der Waals surface area (Å²) in [5.41, 5.74) is 3.38. The molecule has 0 aliphatic carbocycles. The Labute approximate surface area is 78.8 Å². The van der Waals surface area contributed by atoms with Gasteiger partial charge < -0.3 is 4.90 Å². The normalized spacial score (nSPS) is 28.8. The van der Waals surface area contributed by atoms with E-state index in [1.807, 2.05) is 7.05 Å². The summed E-state index contributed by atoms with van der Waals surface area (Å²) in [4.78, 5) is 13.7. The first-order valence-corrected chi connectivity index (χ1v) is 4.84. The molecule has 2 fully saturated rings. The number of carbonyl (C=O) groups excluding carboxylic acids is 1. The molecule has 1 spiro atoms. The van der Waals surface area contributed by atoms with Gasteiger partial charge in [0.1, 0.15) is 0 Å². The average Bonchev–Trinajstić information content (AvgIpc) is 2.36. The molecule has 74 valence electrons. The van der Waals surface area contributed by atoms with Gasteiger partial charge in [0.2, 0.25) is 5.91 Å². The summed E-state index contributed by atoms with van der Waals surface area (Å²) in [7, 11) is 3.95. The molecule has 0 saturated carbocycles. The molecule has 2 aliphatic rings. The van der Waals surface area contributed by atoms with Gasteiger partial charge in [0.05, 0.1) is 0 Å². The van der Waals surface area contributed by atoms with Crippen LogP contribution in [0.5, 0.6) is 0 Å². The van der Waals surface area contributed by atoms with Crippen molar-refractivity contribution in [1.82, 2.24) is 15.3 Å². The van der Waals surface area contributed by atoms with Gasteiger partial charge in [-0.25, -0.2) is 5.43 Å². The van der Waals surface area contributed by atoms with E-state index in [0.29, 0.717) is 6.42 Å². The fourth-order valence-corrected chi connectivity index (χ4v) is 2.20. The maximum atomic E-state index is 11.4. The molecule has 0 aromatic rings. The van der Waals surface area contributed by atoms with Crippen LogP contribution in [0, 0.1) is 0 Å². The van der Waals surface area contributed by atoms with Crippen molar-refractivity contribution in [2.24, 2.45) is 0 Å². The number of carbonyl (C=O) groups is 1. The molecule has 2 heterocycles. The van der Waals surface area contributed by atoms with Gasteiger partial charge in [-0.05, 0) is 33.0 Å². The van der Waals surface area contributed by atoms with Crippen molar-refractivity contribution in [1.29, 1.82) is 0 Å². The third kappa shape index (κ3) is 1.56. The van der Waals surface area contributed by atoms with Gasteiger partial charge in [-0.15, -0.1) is 0 Å². The Morgan fingerprint density at radius 1 is 1.31 bits per heavy atom.